The van der Waals surface area contributed by atoms with Crippen LogP contribution in [-0.4, -0.2) is 45.8 Å². The summed E-state index contributed by atoms with van der Waals surface area (Å²) in [6, 6.07) is 9.25. The van der Waals surface area contributed by atoms with E-state index < -0.39 is 0 Å². The van der Waals surface area contributed by atoms with Gasteiger partial charge in [-0.2, -0.15) is 11.3 Å². The van der Waals surface area contributed by atoms with Crippen molar-refractivity contribution in [2.24, 2.45) is 0 Å². The molecule has 2 aliphatic rings. The average Bonchev–Trinajstić information content (AvgIpc) is 3.51. The van der Waals surface area contributed by atoms with Gasteiger partial charge in [-0.05, 0) is 59.5 Å². The Morgan fingerprint density at radius 2 is 1.97 bits per heavy atom. The first-order chi connectivity index (χ1) is 14.6. The zero-order chi connectivity index (χ0) is 20.7. The minimum atomic E-state index is -0.269. The smallest absolute Gasteiger partial charge is 0.280 e. The molecule has 1 fully saturated rings. The van der Waals surface area contributed by atoms with E-state index >= 15 is 0 Å². The fourth-order valence-corrected chi connectivity index (χ4v) is 5.21. The fraction of sp³-hybridized carbons (Fsp3) is 0.364. The molecule has 7 nitrogen and oxygen atoms in total. The minimum absolute atomic E-state index is 0.120. The summed E-state index contributed by atoms with van der Waals surface area (Å²) in [7, 11) is 1.61. The van der Waals surface area contributed by atoms with E-state index in [9.17, 15) is 9.59 Å². The number of methoxy groups -OCH3 is 1. The van der Waals surface area contributed by atoms with Crippen LogP contribution in [0.4, 0.5) is 0 Å². The molecule has 1 aromatic carbocycles. The third-order valence-electron chi connectivity index (χ3n) is 6.24. The summed E-state index contributed by atoms with van der Waals surface area (Å²) in [4.78, 5) is 27.8. The van der Waals surface area contributed by atoms with Crippen LogP contribution in [0.15, 0.2) is 45.9 Å². The third-order valence-corrected chi connectivity index (χ3v) is 6.97. The van der Waals surface area contributed by atoms with Crippen molar-refractivity contribution in [3.8, 4) is 17.0 Å². The van der Waals surface area contributed by atoms with Gasteiger partial charge >= 0.3 is 0 Å². The van der Waals surface area contributed by atoms with E-state index in [1.165, 1.54) is 0 Å². The molecule has 2 aromatic heterocycles. The van der Waals surface area contributed by atoms with Crippen LogP contribution in [-0.2, 0) is 23.2 Å². The third kappa shape index (κ3) is 3.11. The molecule has 1 spiro atoms. The van der Waals surface area contributed by atoms with E-state index in [0.29, 0.717) is 31.7 Å². The lowest BCUT2D eigenvalue weighted by atomic mass is 9.85. The number of benzene rings is 1. The molecule has 1 unspecified atom stereocenters. The highest BCUT2D eigenvalue weighted by atomic mass is 32.1. The van der Waals surface area contributed by atoms with Gasteiger partial charge in [-0.3, -0.25) is 14.2 Å². The average molecular weight is 423 g/mol. The number of carbonyl (C=O) groups excluding carboxylic acids is 1. The second-order valence-electron chi connectivity index (χ2n) is 7.96. The molecule has 4 heterocycles. The summed E-state index contributed by atoms with van der Waals surface area (Å²) in [5.41, 5.74) is 1.74. The molecule has 3 aromatic rings. The van der Waals surface area contributed by atoms with Gasteiger partial charge < -0.3 is 9.64 Å². The number of amides is 1. The van der Waals surface area contributed by atoms with Crippen LogP contribution in [0.2, 0.25) is 0 Å². The Morgan fingerprint density at radius 3 is 2.70 bits per heavy atom. The molecule has 1 saturated heterocycles. The summed E-state index contributed by atoms with van der Waals surface area (Å²) in [6.45, 7) is 1.91. The second-order valence-corrected chi connectivity index (χ2v) is 8.74. The van der Waals surface area contributed by atoms with Crippen LogP contribution >= 0.6 is 11.3 Å². The molecule has 5 rings (SSSR count). The van der Waals surface area contributed by atoms with Gasteiger partial charge in [-0.25, -0.2) is 0 Å². The lowest BCUT2D eigenvalue weighted by molar-refractivity contribution is -0.129. The summed E-state index contributed by atoms with van der Waals surface area (Å²) in [5.74, 6) is 1.58. The molecule has 0 saturated carbocycles. The van der Waals surface area contributed by atoms with Crippen molar-refractivity contribution in [1.82, 2.24) is 19.7 Å². The maximum absolute atomic E-state index is 13.1. The van der Waals surface area contributed by atoms with Gasteiger partial charge in [-0.15, -0.1) is 10.2 Å². The number of fused-ring (bicyclic) bond motifs is 2. The Morgan fingerprint density at radius 1 is 1.17 bits per heavy atom. The van der Waals surface area contributed by atoms with Crippen molar-refractivity contribution in [2.45, 2.75) is 31.2 Å². The first-order valence-corrected chi connectivity index (χ1v) is 11.0. The van der Waals surface area contributed by atoms with Gasteiger partial charge in [-0.1, -0.05) is 0 Å². The van der Waals surface area contributed by atoms with Crippen LogP contribution in [0, 0.1) is 0 Å². The molecule has 1 amide bonds. The standard InChI is InChI=1S/C22H22N4O3S/c1-29-17-4-2-16(3-5-17)19-20(28)26-10-8-22(21(26)24-23-19)7-9-25(14-22)18(27)12-15-6-11-30-13-15/h2-6,11,13H,7-10,12,14H2,1H3. The van der Waals surface area contributed by atoms with E-state index in [2.05, 4.69) is 10.2 Å². The SMILES string of the molecule is COc1ccc(-c2nnc3n(c2=O)CCC32CCN(C(=O)Cc3ccsc3)C2)cc1. The second kappa shape index (κ2) is 7.36. The molecule has 0 bridgehead atoms. The number of ether oxygens (including phenoxy) is 1. The Kier molecular flexibility index (Phi) is 4.66. The summed E-state index contributed by atoms with van der Waals surface area (Å²) in [6.07, 6.45) is 2.05. The largest absolute Gasteiger partial charge is 0.497 e. The van der Waals surface area contributed by atoms with Gasteiger partial charge in [0.1, 0.15) is 11.6 Å². The lowest BCUT2D eigenvalue weighted by Crippen LogP contribution is -2.36. The topological polar surface area (TPSA) is 77.3 Å². The maximum atomic E-state index is 13.1. The Balaban J connectivity index is 1.40. The predicted octanol–water partition coefficient (Wildman–Crippen LogP) is 2.49. The van der Waals surface area contributed by atoms with Crippen molar-refractivity contribution < 1.29 is 9.53 Å². The fourth-order valence-electron chi connectivity index (χ4n) is 4.54. The number of likely N-dealkylation sites (tertiary alicyclic amines) is 1. The molecular weight excluding hydrogens is 400 g/mol. The van der Waals surface area contributed by atoms with Gasteiger partial charge in [0.2, 0.25) is 5.91 Å². The molecule has 0 N–H and O–H groups in total. The number of thiophene rings is 1. The zero-order valence-corrected chi connectivity index (χ0v) is 17.5. The molecule has 0 radical (unpaired) electrons. The van der Waals surface area contributed by atoms with Crippen LogP contribution in [0.5, 0.6) is 5.75 Å². The Labute approximate surface area is 177 Å². The highest BCUT2D eigenvalue weighted by Crippen LogP contribution is 2.41. The van der Waals surface area contributed by atoms with E-state index in [1.807, 2.05) is 46.0 Å². The summed E-state index contributed by atoms with van der Waals surface area (Å²) < 4.78 is 6.93. The van der Waals surface area contributed by atoms with Crippen LogP contribution in [0.25, 0.3) is 11.3 Å². The first-order valence-electron chi connectivity index (χ1n) is 10.0. The Hall–Kier alpha value is -3.00. The molecule has 30 heavy (non-hydrogen) atoms. The maximum Gasteiger partial charge on any atom is 0.280 e. The van der Waals surface area contributed by atoms with Crippen molar-refractivity contribution >= 4 is 17.2 Å². The number of aromatic nitrogens is 3. The molecule has 1 atom stereocenters. The number of carbonyl (C=O) groups is 1. The zero-order valence-electron chi connectivity index (χ0n) is 16.7. The van der Waals surface area contributed by atoms with Crippen LogP contribution in [0.3, 0.4) is 0 Å². The van der Waals surface area contributed by atoms with Gasteiger partial charge in [0.25, 0.3) is 5.56 Å². The van der Waals surface area contributed by atoms with Crippen LogP contribution in [0.1, 0.15) is 24.2 Å². The van der Waals surface area contributed by atoms with Gasteiger partial charge in [0, 0.05) is 25.2 Å². The van der Waals surface area contributed by atoms with Gasteiger partial charge in [0.05, 0.1) is 18.9 Å². The molecule has 154 valence electrons. The van der Waals surface area contributed by atoms with E-state index in [1.54, 1.807) is 23.0 Å². The van der Waals surface area contributed by atoms with Gasteiger partial charge in [0.15, 0.2) is 5.69 Å². The molecule has 8 heteroatoms. The summed E-state index contributed by atoms with van der Waals surface area (Å²) >= 11 is 1.60. The minimum Gasteiger partial charge on any atom is -0.497 e. The Bertz CT molecular complexity index is 1140. The molecule has 2 aliphatic heterocycles. The number of nitrogens with zero attached hydrogens (tertiary/aromatic N) is 4. The number of hydrogen-bond acceptors (Lipinski definition) is 6. The monoisotopic (exact) mass is 422 g/mol. The molecular formula is C22H22N4O3S. The van der Waals surface area contributed by atoms with E-state index in [0.717, 1.165) is 35.5 Å². The summed E-state index contributed by atoms with van der Waals surface area (Å²) in [5, 5.41) is 12.8. The van der Waals surface area contributed by atoms with Crippen molar-refractivity contribution in [2.75, 3.05) is 20.2 Å². The highest BCUT2D eigenvalue weighted by molar-refractivity contribution is 7.08. The highest BCUT2D eigenvalue weighted by Gasteiger charge is 2.48. The first kappa shape index (κ1) is 19.0. The molecule has 0 aliphatic carbocycles. The predicted molar refractivity (Wildman–Crippen MR) is 114 cm³/mol. The lowest BCUT2D eigenvalue weighted by Gasteiger charge is -2.23. The quantitative estimate of drug-likeness (QED) is 0.646. The van der Waals surface area contributed by atoms with Crippen molar-refractivity contribution in [3.05, 3.63) is 62.8 Å². The van der Waals surface area contributed by atoms with Crippen molar-refractivity contribution in [3.63, 3.8) is 0 Å². The normalized spacial score (nSPS) is 20.0. The number of rotatable bonds is 4. The number of hydrogen-bond donors (Lipinski definition) is 0. The van der Waals surface area contributed by atoms with Crippen LogP contribution < -0.4 is 10.3 Å². The van der Waals surface area contributed by atoms with Crippen molar-refractivity contribution in [1.29, 1.82) is 0 Å². The van der Waals surface area contributed by atoms with E-state index in [-0.39, 0.29) is 16.9 Å². The van der Waals surface area contributed by atoms with E-state index in [4.69, 9.17) is 4.74 Å².